The zero-order chi connectivity index (χ0) is 18.0. The van der Waals surface area contributed by atoms with E-state index in [-0.39, 0.29) is 5.92 Å². The molecule has 1 aliphatic rings. The number of rotatable bonds is 2. The molecule has 3 rings (SSSR count). The first-order valence-electron chi connectivity index (χ1n) is 8.27. The molecule has 0 spiro atoms. The van der Waals surface area contributed by atoms with Gasteiger partial charge >= 0.3 is 0 Å². The number of aryl methyl sites for hydroxylation is 1. The van der Waals surface area contributed by atoms with E-state index in [2.05, 4.69) is 11.8 Å². The van der Waals surface area contributed by atoms with Crippen molar-refractivity contribution in [2.75, 3.05) is 0 Å². The van der Waals surface area contributed by atoms with E-state index in [1.54, 1.807) is 25.3 Å². The van der Waals surface area contributed by atoms with Gasteiger partial charge in [-0.25, -0.2) is 0 Å². The number of carbonyl (C=O) groups excluding carboxylic acids is 1. The van der Waals surface area contributed by atoms with Gasteiger partial charge in [0.05, 0.1) is 11.8 Å². The fraction of sp³-hybridized carbons (Fsp3) is 0.350. The number of nitrogens with two attached hydrogens (primary N) is 1. The lowest BCUT2D eigenvalue weighted by molar-refractivity contribution is 0.0517. The van der Waals surface area contributed by atoms with Crippen molar-refractivity contribution in [2.24, 2.45) is 5.73 Å². The number of carbonyl (C=O) groups is 1. The lowest BCUT2D eigenvalue weighted by Gasteiger charge is -2.33. The third-order valence-electron chi connectivity index (χ3n) is 4.68. The number of hydrogen-bond donors (Lipinski definition) is 2. The number of primary amides is 1. The Hall–Kier alpha value is -2.22. The van der Waals surface area contributed by atoms with E-state index in [9.17, 15) is 9.90 Å². The van der Waals surface area contributed by atoms with Gasteiger partial charge in [0.25, 0.3) is 5.91 Å². The van der Waals surface area contributed by atoms with E-state index < -0.39 is 11.5 Å². The Bertz CT molecular complexity index is 861. The summed E-state index contributed by atoms with van der Waals surface area (Å²) in [5.74, 6) is 6.02. The van der Waals surface area contributed by atoms with Gasteiger partial charge in [0.1, 0.15) is 11.4 Å². The van der Waals surface area contributed by atoms with Crippen LogP contribution >= 0.6 is 11.6 Å². The minimum absolute atomic E-state index is 0.00707. The van der Waals surface area contributed by atoms with Crippen LogP contribution in [0.2, 0.25) is 5.02 Å². The van der Waals surface area contributed by atoms with Crippen LogP contribution in [0.5, 0.6) is 0 Å². The second-order valence-electron chi connectivity index (χ2n) is 6.57. The molecule has 0 unspecified atom stereocenters. The molecule has 0 bridgehead atoms. The van der Waals surface area contributed by atoms with Crippen molar-refractivity contribution in [3.05, 3.63) is 58.0 Å². The largest absolute Gasteiger partial charge is 0.468 e. The summed E-state index contributed by atoms with van der Waals surface area (Å²) in [5, 5.41) is 11.5. The summed E-state index contributed by atoms with van der Waals surface area (Å²) in [6.07, 6.45) is 4.30. The maximum absolute atomic E-state index is 11.7. The van der Waals surface area contributed by atoms with Crippen LogP contribution < -0.4 is 5.73 Å². The first-order chi connectivity index (χ1) is 11.9. The molecule has 2 aromatic rings. The standard InChI is InChI=1S/C20H20ClNO3/c1-13-18(19(22)23)17(12-25-13)15-5-3-8-20(24,11-15)9-7-14-4-2-6-16(21)10-14/h2,4,6,10,12,15,24H,3,5,8,11H2,1H3,(H2,22,23)/t15-,20+/m0/s1. The van der Waals surface area contributed by atoms with Crippen LogP contribution in [-0.4, -0.2) is 16.6 Å². The van der Waals surface area contributed by atoms with E-state index in [4.69, 9.17) is 21.8 Å². The number of hydrogen-bond acceptors (Lipinski definition) is 3. The Morgan fingerprint density at radius 1 is 1.48 bits per heavy atom. The van der Waals surface area contributed by atoms with Crippen LogP contribution in [0.4, 0.5) is 0 Å². The smallest absolute Gasteiger partial charge is 0.252 e. The number of furan rings is 1. The molecule has 1 heterocycles. The van der Waals surface area contributed by atoms with Crippen molar-refractivity contribution in [3.63, 3.8) is 0 Å². The van der Waals surface area contributed by atoms with Crippen molar-refractivity contribution >= 4 is 17.5 Å². The molecule has 5 heteroatoms. The molecule has 1 aromatic carbocycles. The second-order valence-corrected chi connectivity index (χ2v) is 7.01. The maximum atomic E-state index is 11.7. The van der Waals surface area contributed by atoms with Gasteiger partial charge in [0, 0.05) is 16.1 Å². The predicted octanol–water partition coefficient (Wildman–Crippen LogP) is 3.78. The SMILES string of the molecule is Cc1occ([C@H]2CCC[C@@](O)(C#Cc3cccc(Cl)c3)C2)c1C(N)=O. The van der Waals surface area contributed by atoms with E-state index >= 15 is 0 Å². The van der Waals surface area contributed by atoms with Crippen molar-refractivity contribution in [3.8, 4) is 11.8 Å². The Kier molecular flexibility index (Phi) is 4.89. The first-order valence-corrected chi connectivity index (χ1v) is 8.65. The average Bonchev–Trinajstić information content (AvgIpc) is 2.95. The highest BCUT2D eigenvalue weighted by molar-refractivity contribution is 6.30. The third-order valence-corrected chi connectivity index (χ3v) is 4.92. The molecular formula is C20H20ClNO3. The summed E-state index contributed by atoms with van der Waals surface area (Å²) in [4.78, 5) is 11.7. The predicted molar refractivity (Wildman–Crippen MR) is 96.5 cm³/mol. The number of halogens is 1. The van der Waals surface area contributed by atoms with Crippen LogP contribution in [0, 0.1) is 18.8 Å². The van der Waals surface area contributed by atoms with Gasteiger partial charge in [-0.15, -0.1) is 0 Å². The summed E-state index contributed by atoms with van der Waals surface area (Å²) >= 11 is 5.97. The molecule has 1 fully saturated rings. The van der Waals surface area contributed by atoms with Crippen LogP contribution in [-0.2, 0) is 0 Å². The Labute approximate surface area is 152 Å². The summed E-state index contributed by atoms with van der Waals surface area (Å²) in [6, 6.07) is 7.23. The highest BCUT2D eigenvalue weighted by Gasteiger charge is 2.36. The number of benzene rings is 1. The van der Waals surface area contributed by atoms with Gasteiger partial charge in [0.2, 0.25) is 0 Å². The zero-order valence-electron chi connectivity index (χ0n) is 14.0. The van der Waals surface area contributed by atoms with Crippen LogP contribution in [0.15, 0.2) is 34.9 Å². The molecule has 0 radical (unpaired) electrons. The zero-order valence-corrected chi connectivity index (χ0v) is 14.8. The Morgan fingerprint density at radius 2 is 2.28 bits per heavy atom. The normalized spacial score (nSPS) is 22.9. The molecule has 0 aliphatic heterocycles. The fourth-order valence-corrected chi connectivity index (χ4v) is 3.67. The summed E-state index contributed by atoms with van der Waals surface area (Å²) in [7, 11) is 0. The molecule has 0 saturated heterocycles. The molecule has 1 amide bonds. The Balaban J connectivity index is 1.85. The fourth-order valence-electron chi connectivity index (χ4n) is 3.48. The van der Waals surface area contributed by atoms with Crippen LogP contribution in [0.3, 0.4) is 0 Å². The van der Waals surface area contributed by atoms with Gasteiger partial charge in [-0.05, 0) is 56.7 Å². The molecule has 4 nitrogen and oxygen atoms in total. The maximum Gasteiger partial charge on any atom is 0.252 e. The topological polar surface area (TPSA) is 76.5 Å². The number of amides is 1. The molecule has 1 aromatic heterocycles. The Morgan fingerprint density at radius 3 is 3.00 bits per heavy atom. The van der Waals surface area contributed by atoms with Gasteiger partial charge in [-0.3, -0.25) is 4.79 Å². The van der Waals surface area contributed by atoms with E-state index in [0.29, 0.717) is 29.2 Å². The molecule has 1 saturated carbocycles. The van der Waals surface area contributed by atoms with Crippen molar-refractivity contribution in [1.29, 1.82) is 0 Å². The van der Waals surface area contributed by atoms with E-state index in [1.165, 1.54) is 0 Å². The molecule has 2 atom stereocenters. The third kappa shape index (κ3) is 3.89. The first kappa shape index (κ1) is 17.6. The molecule has 1 aliphatic carbocycles. The lowest BCUT2D eigenvalue weighted by Crippen LogP contribution is -2.33. The summed E-state index contributed by atoms with van der Waals surface area (Å²) < 4.78 is 5.39. The molecule has 130 valence electrons. The lowest BCUT2D eigenvalue weighted by atomic mass is 9.75. The van der Waals surface area contributed by atoms with Crippen molar-refractivity contribution in [2.45, 2.75) is 44.1 Å². The quantitative estimate of drug-likeness (QED) is 0.803. The van der Waals surface area contributed by atoms with Gasteiger partial charge in [-0.1, -0.05) is 29.5 Å². The summed E-state index contributed by atoms with van der Waals surface area (Å²) in [6.45, 7) is 1.72. The van der Waals surface area contributed by atoms with Gasteiger partial charge in [0.15, 0.2) is 0 Å². The highest BCUT2D eigenvalue weighted by atomic mass is 35.5. The molecule has 25 heavy (non-hydrogen) atoms. The molecule has 3 N–H and O–H groups in total. The minimum atomic E-state index is -1.11. The van der Waals surface area contributed by atoms with Gasteiger partial charge < -0.3 is 15.3 Å². The highest BCUT2D eigenvalue weighted by Crippen LogP contribution is 2.40. The summed E-state index contributed by atoms with van der Waals surface area (Å²) in [5.41, 5.74) is 6.34. The second kappa shape index (κ2) is 6.95. The average molecular weight is 358 g/mol. The number of aliphatic hydroxyl groups is 1. The van der Waals surface area contributed by atoms with Crippen molar-refractivity contribution in [1.82, 2.24) is 0 Å². The molecular weight excluding hydrogens is 338 g/mol. The van der Waals surface area contributed by atoms with Crippen molar-refractivity contribution < 1.29 is 14.3 Å². The monoisotopic (exact) mass is 357 g/mol. The van der Waals surface area contributed by atoms with Crippen LogP contribution in [0.1, 0.15) is 58.8 Å². The van der Waals surface area contributed by atoms with E-state index in [0.717, 1.165) is 24.0 Å². The van der Waals surface area contributed by atoms with Gasteiger partial charge in [-0.2, -0.15) is 0 Å². The minimum Gasteiger partial charge on any atom is -0.468 e. The van der Waals surface area contributed by atoms with Crippen LogP contribution in [0.25, 0.3) is 0 Å². The van der Waals surface area contributed by atoms with E-state index in [1.807, 2.05) is 12.1 Å².